The zero-order valence-corrected chi connectivity index (χ0v) is 12.3. The third kappa shape index (κ3) is 3.37. The number of hydrogen-bond acceptors (Lipinski definition) is 4. The van der Waals surface area contributed by atoms with Crippen molar-refractivity contribution in [2.45, 2.75) is 33.0 Å². The minimum absolute atomic E-state index is 0.352. The first kappa shape index (κ1) is 12.7. The summed E-state index contributed by atoms with van der Waals surface area (Å²) in [6, 6.07) is 4.54. The van der Waals surface area contributed by atoms with Gasteiger partial charge in [-0.05, 0) is 41.9 Å². The lowest BCUT2D eigenvalue weighted by molar-refractivity contribution is 0.490. The van der Waals surface area contributed by atoms with Gasteiger partial charge in [-0.15, -0.1) is 11.3 Å². The van der Waals surface area contributed by atoms with Crippen LogP contribution in [-0.4, -0.2) is 14.8 Å². The Hall–Kier alpha value is -0.720. The molecule has 2 aromatic heterocycles. The molecule has 0 saturated carbocycles. The van der Waals surface area contributed by atoms with Crippen molar-refractivity contribution in [1.82, 2.24) is 20.1 Å². The summed E-state index contributed by atoms with van der Waals surface area (Å²) in [5.41, 5.74) is 0. The smallest absolute Gasteiger partial charge is 0.141 e. The fraction of sp³-hybridized carbons (Fsp3) is 0.455. The maximum absolute atomic E-state index is 4.26. The molecule has 0 spiro atoms. The van der Waals surface area contributed by atoms with Gasteiger partial charge in [-0.3, -0.25) is 0 Å². The van der Waals surface area contributed by atoms with E-state index in [-0.39, 0.29) is 0 Å². The van der Waals surface area contributed by atoms with Crippen molar-refractivity contribution in [3.8, 4) is 0 Å². The first-order chi connectivity index (χ1) is 8.16. The van der Waals surface area contributed by atoms with Gasteiger partial charge in [0.2, 0.25) is 0 Å². The predicted octanol–water partition coefficient (Wildman–Crippen LogP) is 2.97. The number of nitrogens with one attached hydrogen (secondary N) is 1. The van der Waals surface area contributed by atoms with Crippen molar-refractivity contribution in [2.24, 2.45) is 0 Å². The molecule has 0 aliphatic carbocycles. The number of halogens is 1. The number of hydrogen-bond donors (Lipinski definition) is 1. The van der Waals surface area contributed by atoms with E-state index in [9.17, 15) is 0 Å². The molecule has 2 rings (SSSR count). The Kier molecular flexibility index (Phi) is 4.31. The molecule has 0 fully saturated rings. The topological polar surface area (TPSA) is 42.7 Å². The summed E-state index contributed by atoms with van der Waals surface area (Å²) in [7, 11) is 0. The van der Waals surface area contributed by atoms with Gasteiger partial charge in [-0.2, -0.15) is 5.10 Å². The predicted molar refractivity (Wildman–Crippen MR) is 73.0 cm³/mol. The van der Waals surface area contributed by atoms with Crippen LogP contribution in [0.25, 0.3) is 0 Å². The molecular weight excluding hydrogens is 300 g/mol. The summed E-state index contributed by atoms with van der Waals surface area (Å²) in [4.78, 5) is 5.57. The van der Waals surface area contributed by atoms with Gasteiger partial charge >= 0.3 is 0 Å². The van der Waals surface area contributed by atoms with Crippen molar-refractivity contribution >= 4 is 27.3 Å². The lowest BCUT2D eigenvalue weighted by Crippen LogP contribution is -2.17. The molecule has 0 saturated heterocycles. The van der Waals surface area contributed by atoms with E-state index in [4.69, 9.17) is 0 Å². The van der Waals surface area contributed by atoms with Crippen molar-refractivity contribution in [2.75, 3.05) is 0 Å². The van der Waals surface area contributed by atoms with E-state index in [0.29, 0.717) is 6.04 Å². The van der Waals surface area contributed by atoms with Crippen LogP contribution in [0.5, 0.6) is 0 Å². The molecule has 17 heavy (non-hydrogen) atoms. The number of nitrogens with zero attached hydrogens (tertiary/aromatic N) is 3. The lowest BCUT2D eigenvalue weighted by atomic mass is 10.4. The van der Waals surface area contributed by atoms with Gasteiger partial charge < -0.3 is 5.32 Å². The van der Waals surface area contributed by atoms with Crippen LogP contribution in [0.4, 0.5) is 0 Å². The van der Waals surface area contributed by atoms with Crippen LogP contribution in [0.1, 0.15) is 30.6 Å². The highest BCUT2D eigenvalue weighted by atomic mass is 79.9. The van der Waals surface area contributed by atoms with E-state index in [2.05, 4.69) is 57.3 Å². The monoisotopic (exact) mass is 314 g/mol. The highest BCUT2D eigenvalue weighted by Gasteiger charge is 2.06. The summed E-state index contributed by atoms with van der Waals surface area (Å²) >= 11 is 5.20. The Morgan fingerprint density at radius 2 is 2.24 bits per heavy atom. The third-order valence-electron chi connectivity index (χ3n) is 2.35. The van der Waals surface area contributed by atoms with Crippen LogP contribution >= 0.6 is 27.3 Å². The molecule has 0 radical (unpaired) electrons. The zero-order valence-electron chi connectivity index (χ0n) is 9.85. The second-order valence-electron chi connectivity index (χ2n) is 4.02. The molecule has 6 heteroatoms. The average Bonchev–Trinajstić information content (AvgIpc) is 2.87. The summed E-state index contributed by atoms with van der Waals surface area (Å²) in [5.74, 6) is 0.982. The maximum atomic E-state index is 4.26. The molecule has 0 atom stereocenters. The van der Waals surface area contributed by atoms with Crippen LogP contribution in [0, 0.1) is 0 Å². The number of aromatic nitrogens is 3. The molecule has 0 unspecified atom stereocenters. The zero-order chi connectivity index (χ0) is 12.3. The van der Waals surface area contributed by atoms with Gasteiger partial charge in [-0.1, -0.05) is 0 Å². The summed E-state index contributed by atoms with van der Waals surface area (Å²) in [5, 5.41) is 7.59. The highest BCUT2D eigenvalue weighted by Crippen LogP contribution is 2.21. The van der Waals surface area contributed by atoms with E-state index >= 15 is 0 Å². The quantitative estimate of drug-likeness (QED) is 0.922. The maximum Gasteiger partial charge on any atom is 0.141 e. The Morgan fingerprint density at radius 1 is 1.41 bits per heavy atom. The van der Waals surface area contributed by atoms with E-state index in [0.717, 1.165) is 18.9 Å². The van der Waals surface area contributed by atoms with Gasteiger partial charge in [0.15, 0.2) is 0 Å². The molecule has 1 N–H and O–H groups in total. The van der Waals surface area contributed by atoms with Crippen molar-refractivity contribution in [1.29, 1.82) is 0 Å². The minimum Gasteiger partial charge on any atom is -0.305 e. The molecular formula is C11H15BrN4S. The van der Waals surface area contributed by atoms with E-state index < -0.39 is 0 Å². The Morgan fingerprint density at radius 3 is 2.88 bits per heavy atom. The van der Waals surface area contributed by atoms with Crippen molar-refractivity contribution < 1.29 is 0 Å². The normalized spacial score (nSPS) is 11.3. The molecule has 2 heterocycles. The molecule has 0 aromatic carbocycles. The molecule has 0 amide bonds. The van der Waals surface area contributed by atoms with Crippen LogP contribution < -0.4 is 5.32 Å². The average molecular weight is 315 g/mol. The summed E-state index contributed by atoms with van der Waals surface area (Å²) in [6.45, 7) is 5.82. The first-order valence-corrected chi connectivity index (χ1v) is 7.11. The minimum atomic E-state index is 0.352. The fourth-order valence-electron chi connectivity index (χ4n) is 1.58. The molecule has 0 bridgehead atoms. The van der Waals surface area contributed by atoms with Gasteiger partial charge in [0.25, 0.3) is 0 Å². The standard InChI is InChI=1S/C11H15BrN4S/c1-8(2)16-11(14-7-15-16)6-13-5-9-3-4-10(12)17-9/h3-4,7-8,13H,5-6H2,1-2H3. The molecule has 2 aromatic rings. The van der Waals surface area contributed by atoms with Crippen molar-refractivity contribution in [3.05, 3.63) is 32.9 Å². The first-order valence-electron chi connectivity index (χ1n) is 5.50. The number of thiophene rings is 1. The van der Waals surface area contributed by atoms with Crippen LogP contribution in [0.15, 0.2) is 22.2 Å². The Bertz CT molecular complexity index is 477. The molecule has 0 aliphatic rings. The molecule has 92 valence electrons. The van der Waals surface area contributed by atoms with Crippen LogP contribution in [-0.2, 0) is 13.1 Å². The Balaban J connectivity index is 1.88. The second-order valence-corrected chi connectivity index (χ2v) is 6.57. The largest absolute Gasteiger partial charge is 0.305 e. The van der Waals surface area contributed by atoms with Gasteiger partial charge in [0.1, 0.15) is 12.2 Å². The number of rotatable bonds is 5. The van der Waals surface area contributed by atoms with E-state index in [1.807, 2.05) is 4.68 Å². The summed E-state index contributed by atoms with van der Waals surface area (Å²) in [6.07, 6.45) is 1.61. The van der Waals surface area contributed by atoms with Gasteiger partial charge in [-0.25, -0.2) is 9.67 Å². The van der Waals surface area contributed by atoms with Crippen LogP contribution in [0.3, 0.4) is 0 Å². The second kappa shape index (κ2) is 5.75. The van der Waals surface area contributed by atoms with Gasteiger partial charge in [0.05, 0.1) is 10.3 Å². The fourth-order valence-corrected chi connectivity index (χ4v) is 3.03. The Labute approximate surface area is 113 Å². The van der Waals surface area contributed by atoms with Gasteiger partial charge in [0, 0.05) is 17.5 Å². The molecule has 0 aliphatic heterocycles. The third-order valence-corrected chi connectivity index (χ3v) is 3.97. The summed E-state index contributed by atoms with van der Waals surface area (Å²) < 4.78 is 3.11. The highest BCUT2D eigenvalue weighted by molar-refractivity contribution is 9.11. The SMILES string of the molecule is CC(C)n1ncnc1CNCc1ccc(Br)s1. The van der Waals surface area contributed by atoms with Crippen molar-refractivity contribution in [3.63, 3.8) is 0 Å². The van der Waals surface area contributed by atoms with E-state index in [1.165, 1.54) is 8.66 Å². The van der Waals surface area contributed by atoms with Crippen LogP contribution in [0.2, 0.25) is 0 Å². The lowest BCUT2D eigenvalue weighted by Gasteiger charge is -2.09. The molecule has 4 nitrogen and oxygen atoms in total. The van der Waals surface area contributed by atoms with E-state index in [1.54, 1.807) is 17.7 Å².